The van der Waals surface area contributed by atoms with E-state index in [1.807, 2.05) is 18.4 Å². The van der Waals surface area contributed by atoms with Gasteiger partial charge in [0.1, 0.15) is 11.6 Å². The highest BCUT2D eigenvalue weighted by molar-refractivity contribution is 5.92. The van der Waals surface area contributed by atoms with Gasteiger partial charge in [0.05, 0.1) is 6.04 Å². The van der Waals surface area contributed by atoms with Gasteiger partial charge >= 0.3 is 0 Å². The number of hydrogen-bond acceptors (Lipinski definition) is 6. The van der Waals surface area contributed by atoms with Gasteiger partial charge in [-0.25, -0.2) is 0 Å². The fraction of sp³-hybridized carbons (Fsp3) is 0.650. The quantitative estimate of drug-likeness (QED) is 0.795. The lowest BCUT2D eigenvalue weighted by atomic mass is 10.0. The van der Waals surface area contributed by atoms with Crippen LogP contribution < -0.4 is 5.32 Å². The number of hydrogen-bond donors (Lipinski definition) is 1. The summed E-state index contributed by atoms with van der Waals surface area (Å²) in [4.78, 5) is 26.3. The molecule has 29 heavy (non-hydrogen) atoms. The van der Waals surface area contributed by atoms with E-state index in [4.69, 9.17) is 4.52 Å². The second-order valence-corrected chi connectivity index (χ2v) is 8.32. The van der Waals surface area contributed by atoms with E-state index in [-0.39, 0.29) is 23.8 Å². The topological polar surface area (TPSA) is 106 Å². The van der Waals surface area contributed by atoms with Gasteiger partial charge < -0.3 is 19.3 Å². The Balaban J connectivity index is 1.76. The summed E-state index contributed by atoms with van der Waals surface area (Å²) in [5.74, 6) is 2.63. The Morgan fingerprint density at radius 1 is 1.17 bits per heavy atom. The summed E-state index contributed by atoms with van der Waals surface area (Å²) in [5.41, 5.74) is 0.336. The molecule has 3 heterocycles. The van der Waals surface area contributed by atoms with Crippen LogP contribution in [0.3, 0.4) is 0 Å². The molecule has 2 aromatic heterocycles. The van der Waals surface area contributed by atoms with E-state index < -0.39 is 0 Å². The van der Waals surface area contributed by atoms with E-state index in [1.165, 1.54) is 6.92 Å². The minimum Gasteiger partial charge on any atom is -0.360 e. The van der Waals surface area contributed by atoms with Crippen LogP contribution in [-0.2, 0) is 17.8 Å². The smallest absolute Gasteiger partial charge is 0.276 e. The summed E-state index contributed by atoms with van der Waals surface area (Å²) in [6.07, 6.45) is 1.37. The van der Waals surface area contributed by atoms with E-state index >= 15 is 0 Å². The zero-order valence-corrected chi connectivity index (χ0v) is 17.8. The fourth-order valence-corrected chi connectivity index (χ4v) is 3.58. The minimum absolute atomic E-state index is 0.0922. The molecule has 0 fully saturated rings. The molecule has 0 aliphatic carbocycles. The van der Waals surface area contributed by atoms with Crippen LogP contribution in [0, 0.1) is 5.92 Å². The van der Waals surface area contributed by atoms with Crippen molar-refractivity contribution in [3.05, 3.63) is 29.2 Å². The molecule has 1 N–H and O–H groups in total. The summed E-state index contributed by atoms with van der Waals surface area (Å²) in [6.45, 7) is 11.4. The molecule has 0 spiro atoms. The zero-order chi connectivity index (χ0) is 21.1. The van der Waals surface area contributed by atoms with Gasteiger partial charge in [0.15, 0.2) is 11.5 Å². The van der Waals surface area contributed by atoms with Gasteiger partial charge in [0.25, 0.3) is 5.91 Å². The van der Waals surface area contributed by atoms with Crippen LogP contribution in [0.4, 0.5) is 0 Å². The maximum absolute atomic E-state index is 12.9. The van der Waals surface area contributed by atoms with E-state index in [2.05, 4.69) is 34.5 Å². The summed E-state index contributed by atoms with van der Waals surface area (Å²) in [5, 5.41) is 15.6. The Morgan fingerprint density at radius 2 is 1.93 bits per heavy atom. The molecule has 0 saturated carbocycles. The first-order valence-electron chi connectivity index (χ1n) is 10.2. The number of aromatic nitrogens is 4. The van der Waals surface area contributed by atoms with Crippen LogP contribution in [0.25, 0.3) is 0 Å². The maximum Gasteiger partial charge on any atom is 0.276 e. The predicted octanol–water partition coefficient (Wildman–Crippen LogP) is 2.31. The van der Waals surface area contributed by atoms with Gasteiger partial charge in [-0.05, 0) is 12.3 Å². The number of carbonyl (C=O) groups excluding carboxylic acids is 2. The van der Waals surface area contributed by atoms with E-state index in [1.54, 1.807) is 11.0 Å². The maximum atomic E-state index is 12.9. The van der Waals surface area contributed by atoms with Gasteiger partial charge in [-0.3, -0.25) is 9.59 Å². The van der Waals surface area contributed by atoms with Crippen molar-refractivity contribution in [1.82, 2.24) is 30.1 Å². The van der Waals surface area contributed by atoms with Crippen LogP contribution in [0.1, 0.15) is 80.9 Å². The third-order valence-electron chi connectivity index (χ3n) is 5.05. The van der Waals surface area contributed by atoms with Gasteiger partial charge in [0, 0.05) is 45.0 Å². The first-order valence-corrected chi connectivity index (χ1v) is 10.2. The minimum atomic E-state index is -0.194. The zero-order valence-electron chi connectivity index (χ0n) is 17.8. The lowest BCUT2D eigenvalue weighted by Gasteiger charge is -2.21. The molecular formula is C20H30N6O3. The van der Waals surface area contributed by atoms with Crippen molar-refractivity contribution in [3.63, 3.8) is 0 Å². The Morgan fingerprint density at radius 3 is 2.55 bits per heavy atom. The highest BCUT2D eigenvalue weighted by atomic mass is 16.5. The van der Waals surface area contributed by atoms with Crippen molar-refractivity contribution in [2.24, 2.45) is 5.92 Å². The molecule has 3 rings (SSSR count). The van der Waals surface area contributed by atoms with Crippen molar-refractivity contribution in [2.75, 3.05) is 13.1 Å². The summed E-state index contributed by atoms with van der Waals surface area (Å²) < 4.78 is 7.32. The normalized spacial score (nSPS) is 15.3. The molecule has 0 aromatic carbocycles. The summed E-state index contributed by atoms with van der Waals surface area (Å²) >= 11 is 0. The molecule has 2 aromatic rings. The molecule has 0 bridgehead atoms. The van der Waals surface area contributed by atoms with Gasteiger partial charge in [0.2, 0.25) is 5.91 Å². The predicted molar refractivity (Wildman–Crippen MR) is 106 cm³/mol. The van der Waals surface area contributed by atoms with Gasteiger partial charge in [-0.1, -0.05) is 32.9 Å². The number of fused-ring (bicyclic) bond motifs is 1. The average molecular weight is 402 g/mol. The van der Waals surface area contributed by atoms with Crippen LogP contribution in [0.2, 0.25) is 0 Å². The number of nitrogens with zero attached hydrogens (tertiary/aromatic N) is 5. The van der Waals surface area contributed by atoms with Crippen molar-refractivity contribution >= 4 is 11.8 Å². The SMILES string of the molecule is CC(=O)NC(CC(C)C)c1nnc2n1CCN(C(=O)c1cc(C(C)C)on1)CC2. The monoisotopic (exact) mass is 402 g/mol. The Hall–Kier alpha value is -2.71. The molecule has 1 atom stereocenters. The molecule has 1 aliphatic heterocycles. The fourth-order valence-electron chi connectivity index (χ4n) is 3.58. The number of carbonyl (C=O) groups is 2. The van der Waals surface area contributed by atoms with Crippen LogP contribution in [0.5, 0.6) is 0 Å². The molecule has 1 unspecified atom stereocenters. The molecular weight excluding hydrogens is 372 g/mol. The second kappa shape index (κ2) is 8.75. The van der Waals surface area contributed by atoms with Crippen molar-refractivity contribution in [3.8, 4) is 0 Å². The number of nitrogens with one attached hydrogen (secondary N) is 1. The highest BCUT2D eigenvalue weighted by Gasteiger charge is 2.28. The Kier molecular flexibility index (Phi) is 6.34. The second-order valence-electron chi connectivity index (χ2n) is 8.32. The van der Waals surface area contributed by atoms with Crippen LogP contribution in [-0.4, -0.2) is 49.7 Å². The lowest BCUT2D eigenvalue weighted by molar-refractivity contribution is -0.119. The number of amides is 2. The summed E-state index contributed by atoms with van der Waals surface area (Å²) in [7, 11) is 0. The van der Waals surface area contributed by atoms with Crippen molar-refractivity contribution < 1.29 is 14.1 Å². The third-order valence-corrected chi connectivity index (χ3v) is 5.05. The molecule has 0 radical (unpaired) electrons. The molecule has 0 saturated heterocycles. The van der Waals surface area contributed by atoms with Crippen molar-refractivity contribution in [2.45, 2.75) is 66.0 Å². The lowest BCUT2D eigenvalue weighted by Crippen LogP contribution is -2.34. The molecule has 2 amide bonds. The van der Waals surface area contributed by atoms with E-state index in [9.17, 15) is 9.59 Å². The van der Waals surface area contributed by atoms with Gasteiger partial charge in [-0.2, -0.15) is 0 Å². The Bertz CT molecular complexity index is 869. The first-order chi connectivity index (χ1) is 13.8. The first kappa shape index (κ1) is 21.0. The molecule has 1 aliphatic rings. The standard InChI is InChI=1S/C20H30N6O3/c1-12(2)10-15(21-14(5)27)19-23-22-18-6-7-25(8-9-26(18)19)20(28)16-11-17(13(3)4)29-24-16/h11-13,15H,6-10H2,1-5H3,(H,21,27). The van der Waals surface area contributed by atoms with Crippen LogP contribution >= 0.6 is 0 Å². The largest absolute Gasteiger partial charge is 0.360 e. The third kappa shape index (κ3) is 4.83. The highest BCUT2D eigenvalue weighted by Crippen LogP contribution is 2.23. The van der Waals surface area contributed by atoms with Crippen LogP contribution in [0.15, 0.2) is 10.6 Å². The number of rotatable bonds is 6. The molecule has 9 heteroatoms. The van der Waals surface area contributed by atoms with E-state index in [0.717, 1.165) is 18.1 Å². The van der Waals surface area contributed by atoms with E-state index in [0.29, 0.717) is 43.4 Å². The summed E-state index contributed by atoms with van der Waals surface area (Å²) in [6, 6.07) is 1.53. The average Bonchev–Trinajstić information content (AvgIpc) is 3.23. The Labute approximate surface area is 170 Å². The molecule has 158 valence electrons. The van der Waals surface area contributed by atoms with Crippen molar-refractivity contribution in [1.29, 1.82) is 0 Å². The van der Waals surface area contributed by atoms with Gasteiger partial charge in [-0.15, -0.1) is 10.2 Å². The molecule has 9 nitrogen and oxygen atoms in total.